The summed E-state index contributed by atoms with van der Waals surface area (Å²) >= 11 is 0. The van der Waals surface area contributed by atoms with Crippen molar-refractivity contribution in [2.75, 3.05) is 0 Å². The zero-order valence-electron chi connectivity index (χ0n) is 11.4. The van der Waals surface area contributed by atoms with Crippen molar-refractivity contribution in [3.63, 3.8) is 0 Å². The summed E-state index contributed by atoms with van der Waals surface area (Å²) in [5, 5.41) is 0. The predicted molar refractivity (Wildman–Crippen MR) is 79.2 cm³/mol. The highest BCUT2D eigenvalue weighted by Gasteiger charge is 1.99. The molecule has 2 aromatic carbocycles. The van der Waals surface area contributed by atoms with E-state index in [0.29, 0.717) is 6.61 Å². The highest BCUT2D eigenvalue weighted by Crippen LogP contribution is 2.15. The number of rotatable bonds is 6. The smallest absolute Gasteiger partial charge is 0.119 e. The quantitative estimate of drug-likeness (QED) is 0.856. The van der Waals surface area contributed by atoms with Gasteiger partial charge in [-0.25, -0.2) is 0 Å². The van der Waals surface area contributed by atoms with Crippen molar-refractivity contribution in [2.45, 2.75) is 32.4 Å². The van der Waals surface area contributed by atoms with E-state index in [0.717, 1.165) is 18.6 Å². The molecule has 2 heteroatoms. The molecule has 0 spiro atoms. The number of ether oxygens (including phenoxy) is 1. The second-order valence-electron chi connectivity index (χ2n) is 4.93. The molecule has 0 heterocycles. The molecule has 0 saturated heterocycles. The number of benzene rings is 2. The van der Waals surface area contributed by atoms with Crippen molar-refractivity contribution < 1.29 is 4.74 Å². The molecule has 0 saturated carbocycles. The number of hydrogen-bond donors (Lipinski definition) is 1. The Hall–Kier alpha value is -1.80. The van der Waals surface area contributed by atoms with Crippen LogP contribution in [0.2, 0.25) is 0 Å². The SMILES string of the molecule is CC(N)CCc1ccc(OCc2ccccc2)cc1. The van der Waals surface area contributed by atoms with Gasteiger partial charge in [0.25, 0.3) is 0 Å². The molecule has 0 aliphatic rings. The average molecular weight is 255 g/mol. The van der Waals surface area contributed by atoms with Crippen molar-refractivity contribution in [2.24, 2.45) is 5.73 Å². The van der Waals surface area contributed by atoms with Crippen molar-refractivity contribution >= 4 is 0 Å². The second kappa shape index (κ2) is 6.95. The monoisotopic (exact) mass is 255 g/mol. The molecule has 0 radical (unpaired) electrons. The molecule has 0 aliphatic carbocycles. The summed E-state index contributed by atoms with van der Waals surface area (Å²) in [6, 6.07) is 18.7. The first-order valence-corrected chi connectivity index (χ1v) is 6.75. The minimum atomic E-state index is 0.258. The fraction of sp³-hybridized carbons (Fsp3) is 0.294. The molecular formula is C17H21NO. The summed E-state index contributed by atoms with van der Waals surface area (Å²) in [6.45, 7) is 2.65. The van der Waals surface area contributed by atoms with Gasteiger partial charge in [0, 0.05) is 6.04 Å². The average Bonchev–Trinajstić information content (AvgIpc) is 2.45. The first kappa shape index (κ1) is 13.6. The van der Waals surface area contributed by atoms with Crippen LogP contribution >= 0.6 is 0 Å². The molecule has 0 amide bonds. The van der Waals surface area contributed by atoms with Crippen LogP contribution in [0.25, 0.3) is 0 Å². The van der Waals surface area contributed by atoms with Gasteiger partial charge in [0.1, 0.15) is 12.4 Å². The maximum atomic E-state index is 5.76. The van der Waals surface area contributed by atoms with Crippen LogP contribution in [0.3, 0.4) is 0 Å². The normalized spacial score (nSPS) is 12.1. The summed E-state index contributed by atoms with van der Waals surface area (Å²) in [4.78, 5) is 0. The third-order valence-electron chi connectivity index (χ3n) is 3.06. The standard InChI is InChI=1S/C17H21NO/c1-14(18)7-8-15-9-11-17(12-10-15)19-13-16-5-3-2-4-6-16/h2-6,9-12,14H,7-8,13,18H2,1H3. The lowest BCUT2D eigenvalue weighted by molar-refractivity contribution is 0.306. The van der Waals surface area contributed by atoms with Crippen molar-refractivity contribution in [3.8, 4) is 5.75 Å². The largest absolute Gasteiger partial charge is 0.489 e. The van der Waals surface area contributed by atoms with Gasteiger partial charge in [-0.05, 0) is 43.0 Å². The Morgan fingerprint density at radius 1 is 0.947 bits per heavy atom. The molecule has 0 fully saturated rings. The molecule has 19 heavy (non-hydrogen) atoms. The van der Waals surface area contributed by atoms with E-state index in [-0.39, 0.29) is 6.04 Å². The lowest BCUT2D eigenvalue weighted by atomic mass is 10.1. The third-order valence-corrected chi connectivity index (χ3v) is 3.06. The van der Waals surface area contributed by atoms with Gasteiger partial charge < -0.3 is 10.5 Å². The van der Waals surface area contributed by atoms with Gasteiger partial charge >= 0.3 is 0 Å². The summed E-state index contributed by atoms with van der Waals surface area (Å²) < 4.78 is 5.75. The molecule has 0 aromatic heterocycles. The van der Waals surface area contributed by atoms with Gasteiger partial charge in [0.2, 0.25) is 0 Å². The lowest BCUT2D eigenvalue weighted by Crippen LogP contribution is -2.15. The molecule has 100 valence electrons. The first-order chi connectivity index (χ1) is 9.24. The van der Waals surface area contributed by atoms with Crippen LogP contribution in [0.1, 0.15) is 24.5 Å². The molecule has 2 N–H and O–H groups in total. The van der Waals surface area contributed by atoms with Gasteiger partial charge in [0.15, 0.2) is 0 Å². The minimum Gasteiger partial charge on any atom is -0.489 e. The molecule has 2 rings (SSSR count). The Kier molecular flexibility index (Phi) is 4.99. The zero-order chi connectivity index (χ0) is 13.5. The van der Waals surface area contributed by atoms with Crippen LogP contribution in [-0.2, 0) is 13.0 Å². The Morgan fingerprint density at radius 2 is 1.63 bits per heavy atom. The molecular weight excluding hydrogens is 234 g/mol. The third kappa shape index (κ3) is 4.76. The van der Waals surface area contributed by atoms with E-state index < -0.39 is 0 Å². The van der Waals surface area contributed by atoms with Crippen LogP contribution in [0.5, 0.6) is 5.75 Å². The van der Waals surface area contributed by atoms with Crippen molar-refractivity contribution in [1.82, 2.24) is 0 Å². The van der Waals surface area contributed by atoms with Crippen LogP contribution in [0.4, 0.5) is 0 Å². The molecule has 0 bridgehead atoms. The topological polar surface area (TPSA) is 35.2 Å². The minimum absolute atomic E-state index is 0.258. The van der Waals surface area contributed by atoms with E-state index in [1.165, 1.54) is 11.1 Å². The van der Waals surface area contributed by atoms with Gasteiger partial charge in [-0.2, -0.15) is 0 Å². The molecule has 0 aliphatic heterocycles. The highest BCUT2D eigenvalue weighted by atomic mass is 16.5. The molecule has 2 nitrogen and oxygen atoms in total. The number of nitrogens with two attached hydrogens (primary N) is 1. The molecule has 1 atom stereocenters. The van der Waals surface area contributed by atoms with Crippen LogP contribution < -0.4 is 10.5 Å². The van der Waals surface area contributed by atoms with Gasteiger partial charge in [0.05, 0.1) is 0 Å². The Morgan fingerprint density at radius 3 is 2.26 bits per heavy atom. The van der Waals surface area contributed by atoms with E-state index in [4.69, 9.17) is 10.5 Å². The maximum absolute atomic E-state index is 5.76. The lowest BCUT2D eigenvalue weighted by Gasteiger charge is -2.08. The van der Waals surface area contributed by atoms with Crippen LogP contribution in [0, 0.1) is 0 Å². The summed E-state index contributed by atoms with van der Waals surface area (Å²) in [6.07, 6.45) is 2.04. The summed E-state index contributed by atoms with van der Waals surface area (Å²) in [5.41, 5.74) is 8.25. The predicted octanol–water partition coefficient (Wildman–Crippen LogP) is 3.55. The van der Waals surface area contributed by atoms with Crippen LogP contribution in [0.15, 0.2) is 54.6 Å². The molecule has 2 aromatic rings. The first-order valence-electron chi connectivity index (χ1n) is 6.75. The second-order valence-corrected chi connectivity index (χ2v) is 4.93. The fourth-order valence-corrected chi connectivity index (χ4v) is 1.89. The number of hydrogen-bond acceptors (Lipinski definition) is 2. The van der Waals surface area contributed by atoms with Crippen LogP contribution in [-0.4, -0.2) is 6.04 Å². The zero-order valence-corrected chi connectivity index (χ0v) is 11.4. The highest BCUT2D eigenvalue weighted by molar-refractivity contribution is 5.28. The Labute approximate surface area is 115 Å². The fourth-order valence-electron chi connectivity index (χ4n) is 1.89. The van der Waals surface area contributed by atoms with Gasteiger partial charge in [-0.15, -0.1) is 0 Å². The van der Waals surface area contributed by atoms with E-state index in [1.807, 2.05) is 37.3 Å². The summed E-state index contributed by atoms with van der Waals surface area (Å²) in [5.74, 6) is 0.911. The Bertz CT molecular complexity index is 476. The Balaban J connectivity index is 1.85. The van der Waals surface area contributed by atoms with E-state index in [1.54, 1.807) is 0 Å². The van der Waals surface area contributed by atoms with E-state index in [2.05, 4.69) is 24.3 Å². The number of aryl methyl sites for hydroxylation is 1. The van der Waals surface area contributed by atoms with Gasteiger partial charge in [-0.1, -0.05) is 42.5 Å². The molecule has 1 unspecified atom stereocenters. The van der Waals surface area contributed by atoms with Crippen molar-refractivity contribution in [3.05, 3.63) is 65.7 Å². The maximum Gasteiger partial charge on any atom is 0.119 e. The van der Waals surface area contributed by atoms with E-state index in [9.17, 15) is 0 Å². The summed E-state index contributed by atoms with van der Waals surface area (Å²) in [7, 11) is 0. The van der Waals surface area contributed by atoms with Gasteiger partial charge in [-0.3, -0.25) is 0 Å². The van der Waals surface area contributed by atoms with Crippen molar-refractivity contribution in [1.29, 1.82) is 0 Å². The van der Waals surface area contributed by atoms with E-state index >= 15 is 0 Å².